The van der Waals surface area contributed by atoms with Gasteiger partial charge in [0.15, 0.2) is 5.96 Å². The molecule has 2 heterocycles. The molecular formula is C21H32IN3O. The molecule has 1 aromatic carbocycles. The fourth-order valence-electron chi connectivity index (χ4n) is 4.83. The first-order chi connectivity index (χ1) is 12.3. The van der Waals surface area contributed by atoms with E-state index in [1.54, 1.807) is 0 Å². The van der Waals surface area contributed by atoms with Crippen LogP contribution in [-0.2, 0) is 4.74 Å². The number of guanidine groups is 1. The van der Waals surface area contributed by atoms with Crippen LogP contribution in [0.2, 0.25) is 0 Å². The lowest BCUT2D eigenvalue weighted by Gasteiger charge is -2.30. The first-order valence-corrected chi connectivity index (χ1v) is 9.99. The lowest BCUT2D eigenvalue weighted by Crippen LogP contribution is -2.48. The van der Waals surface area contributed by atoms with Gasteiger partial charge in [-0.15, -0.1) is 24.0 Å². The Morgan fingerprint density at radius 3 is 2.46 bits per heavy atom. The highest BCUT2D eigenvalue weighted by molar-refractivity contribution is 14.0. The zero-order valence-corrected chi connectivity index (χ0v) is 18.0. The molecule has 0 aromatic heterocycles. The molecule has 3 fully saturated rings. The number of aliphatic imine (C=N–C) groups is 1. The Balaban J connectivity index is 0.00000196. The second-order valence-corrected chi connectivity index (χ2v) is 7.94. The van der Waals surface area contributed by atoms with Crippen LogP contribution in [0.5, 0.6) is 0 Å². The molecule has 2 saturated heterocycles. The molecule has 144 valence electrons. The van der Waals surface area contributed by atoms with Crippen molar-refractivity contribution in [3.05, 3.63) is 35.9 Å². The zero-order chi connectivity index (χ0) is 17.1. The molecule has 0 radical (unpaired) electrons. The summed E-state index contributed by atoms with van der Waals surface area (Å²) in [6.07, 6.45) is 9.67. The molecule has 26 heavy (non-hydrogen) atoms. The maximum atomic E-state index is 5.93. The highest BCUT2D eigenvalue weighted by Crippen LogP contribution is 2.36. The zero-order valence-electron chi connectivity index (χ0n) is 15.7. The first kappa shape index (κ1) is 19.9. The second-order valence-electron chi connectivity index (χ2n) is 7.94. The van der Waals surface area contributed by atoms with Gasteiger partial charge in [-0.25, -0.2) is 0 Å². The summed E-state index contributed by atoms with van der Waals surface area (Å²) in [5.74, 6) is 2.46. The summed E-state index contributed by atoms with van der Waals surface area (Å²) in [7, 11) is 1.87. The number of halogens is 1. The average Bonchev–Trinajstić information content (AvgIpc) is 3.29. The molecule has 1 saturated carbocycles. The quantitative estimate of drug-likeness (QED) is 0.397. The normalized spacial score (nSPS) is 33.6. The molecule has 4 nitrogen and oxygen atoms in total. The molecule has 2 N–H and O–H groups in total. The SMILES string of the molecule is CN=C(NCC1CCC(c2ccccc2)CC1)NC1CC2CCC1O2.I. The maximum Gasteiger partial charge on any atom is 0.191 e. The van der Waals surface area contributed by atoms with Gasteiger partial charge >= 0.3 is 0 Å². The van der Waals surface area contributed by atoms with Crippen molar-refractivity contribution < 1.29 is 4.74 Å². The van der Waals surface area contributed by atoms with E-state index in [0.29, 0.717) is 18.2 Å². The number of ether oxygens (including phenoxy) is 1. The second kappa shape index (κ2) is 9.40. The molecule has 4 rings (SSSR count). The number of benzene rings is 1. The lowest BCUT2D eigenvalue weighted by atomic mass is 9.79. The van der Waals surface area contributed by atoms with Crippen LogP contribution in [-0.4, -0.2) is 37.8 Å². The summed E-state index contributed by atoms with van der Waals surface area (Å²) in [6, 6.07) is 11.5. The fraction of sp³-hybridized carbons (Fsp3) is 0.667. The van der Waals surface area contributed by atoms with Gasteiger partial charge in [0.05, 0.1) is 18.2 Å². The van der Waals surface area contributed by atoms with Gasteiger partial charge in [0.25, 0.3) is 0 Å². The Bertz CT molecular complexity index is 586. The molecule has 0 spiro atoms. The van der Waals surface area contributed by atoms with Gasteiger partial charge < -0.3 is 15.4 Å². The summed E-state index contributed by atoms with van der Waals surface area (Å²) >= 11 is 0. The molecule has 2 bridgehead atoms. The van der Waals surface area contributed by atoms with Crippen molar-refractivity contribution in [3.63, 3.8) is 0 Å². The molecular weight excluding hydrogens is 437 g/mol. The van der Waals surface area contributed by atoms with Crippen LogP contribution < -0.4 is 10.6 Å². The van der Waals surface area contributed by atoms with Crippen molar-refractivity contribution in [2.45, 2.75) is 69.1 Å². The molecule has 3 aliphatic rings. The van der Waals surface area contributed by atoms with E-state index in [9.17, 15) is 0 Å². The van der Waals surface area contributed by atoms with Crippen LogP contribution in [0, 0.1) is 5.92 Å². The Morgan fingerprint density at radius 1 is 1.08 bits per heavy atom. The topological polar surface area (TPSA) is 45.7 Å². The number of nitrogens with zero attached hydrogens (tertiary/aromatic N) is 1. The van der Waals surface area contributed by atoms with Crippen LogP contribution in [0.1, 0.15) is 56.4 Å². The standard InChI is InChI=1S/C21H31N3O.HI/c1-22-21(24-19-13-18-11-12-20(19)25-18)23-14-15-7-9-17(10-8-15)16-5-3-2-4-6-16;/h2-6,15,17-20H,7-14H2,1H3,(H2,22,23,24);1H. The van der Waals surface area contributed by atoms with Gasteiger partial charge in [0.1, 0.15) is 0 Å². The molecule has 1 aliphatic carbocycles. The van der Waals surface area contributed by atoms with Gasteiger partial charge in [-0.1, -0.05) is 30.3 Å². The highest BCUT2D eigenvalue weighted by Gasteiger charge is 2.41. The molecule has 3 unspecified atom stereocenters. The smallest absolute Gasteiger partial charge is 0.191 e. The van der Waals surface area contributed by atoms with Crippen molar-refractivity contribution in [1.29, 1.82) is 0 Å². The predicted octanol–water partition coefficient (Wildman–Crippen LogP) is 4.06. The third kappa shape index (κ3) is 4.71. The first-order valence-electron chi connectivity index (χ1n) is 9.99. The van der Waals surface area contributed by atoms with Gasteiger partial charge in [-0.2, -0.15) is 0 Å². The highest BCUT2D eigenvalue weighted by atomic mass is 127. The third-order valence-electron chi connectivity index (χ3n) is 6.33. The van der Waals surface area contributed by atoms with E-state index in [2.05, 4.69) is 46.0 Å². The van der Waals surface area contributed by atoms with Crippen LogP contribution in [0.4, 0.5) is 0 Å². The van der Waals surface area contributed by atoms with Crippen molar-refractivity contribution in [3.8, 4) is 0 Å². The largest absolute Gasteiger partial charge is 0.373 e. The lowest BCUT2D eigenvalue weighted by molar-refractivity contribution is 0.0992. The number of fused-ring (bicyclic) bond motifs is 2. The van der Waals surface area contributed by atoms with E-state index >= 15 is 0 Å². The summed E-state index contributed by atoms with van der Waals surface area (Å²) < 4.78 is 5.93. The Morgan fingerprint density at radius 2 is 1.85 bits per heavy atom. The number of rotatable bonds is 4. The van der Waals surface area contributed by atoms with E-state index < -0.39 is 0 Å². The van der Waals surface area contributed by atoms with Crippen LogP contribution in [0.25, 0.3) is 0 Å². The van der Waals surface area contributed by atoms with Crippen molar-refractivity contribution >= 4 is 29.9 Å². The summed E-state index contributed by atoms with van der Waals surface area (Å²) in [5.41, 5.74) is 1.52. The average molecular weight is 469 g/mol. The van der Waals surface area contributed by atoms with Gasteiger partial charge in [-0.3, -0.25) is 4.99 Å². The molecule has 0 amide bonds. The van der Waals surface area contributed by atoms with Crippen LogP contribution in [0.3, 0.4) is 0 Å². The number of hydrogen-bond acceptors (Lipinski definition) is 2. The van der Waals surface area contributed by atoms with Crippen molar-refractivity contribution in [2.75, 3.05) is 13.6 Å². The van der Waals surface area contributed by atoms with Gasteiger partial charge in [-0.05, 0) is 62.3 Å². The van der Waals surface area contributed by atoms with E-state index in [1.165, 1.54) is 44.1 Å². The van der Waals surface area contributed by atoms with E-state index in [4.69, 9.17) is 4.74 Å². The van der Waals surface area contributed by atoms with E-state index in [-0.39, 0.29) is 24.0 Å². The Labute approximate surface area is 174 Å². The molecule has 3 atom stereocenters. The summed E-state index contributed by atoms with van der Waals surface area (Å²) in [6.45, 7) is 1.03. The third-order valence-corrected chi connectivity index (χ3v) is 6.33. The van der Waals surface area contributed by atoms with Crippen molar-refractivity contribution in [2.24, 2.45) is 10.9 Å². The predicted molar refractivity (Wildman–Crippen MR) is 117 cm³/mol. The molecule has 2 aliphatic heterocycles. The summed E-state index contributed by atoms with van der Waals surface area (Å²) in [5, 5.41) is 7.15. The maximum absolute atomic E-state index is 5.93. The summed E-state index contributed by atoms with van der Waals surface area (Å²) in [4.78, 5) is 4.42. The Kier molecular flexibility index (Phi) is 7.20. The minimum atomic E-state index is 0. The van der Waals surface area contributed by atoms with E-state index in [1.807, 2.05) is 7.05 Å². The minimum absolute atomic E-state index is 0. The van der Waals surface area contributed by atoms with Gasteiger partial charge in [0.2, 0.25) is 0 Å². The van der Waals surface area contributed by atoms with Crippen molar-refractivity contribution in [1.82, 2.24) is 10.6 Å². The molecule has 5 heteroatoms. The fourth-order valence-corrected chi connectivity index (χ4v) is 4.83. The van der Waals surface area contributed by atoms with Crippen LogP contribution in [0.15, 0.2) is 35.3 Å². The van der Waals surface area contributed by atoms with Crippen LogP contribution >= 0.6 is 24.0 Å². The Hall–Kier alpha value is -0.820. The molecule has 1 aromatic rings. The van der Waals surface area contributed by atoms with Gasteiger partial charge in [0, 0.05) is 13.6 Å². The van der Waals surface area contributed by atoms with E-state index in [0.717, 1.165) is 30.8 Å². The number of hydrogen-bond donors (Lipinski definition) is 2. The monoisotopic (exact) mass is 469 g/mol. The number of nitrogens with one attached hydrogen (secondary N) is 2. The minimum Gasteiger partial charge on any atom is -0.373 e.